The van der Waals surface area contributed by atoms with Gasteiger partial charge in [-0.05, 0) is 12.1 Å². The number of hydrogen-bond donors (Lipinski definition) is 0. The van der Waals surface area contributed by atoms with Gasteiger partial charge in [0.05, 0.1) is 18.6 Å². The van der Waals surface area contributed by atoms with Crippen LogP contribution in [0.4, 0.5) is 5.69 Å². The van der Waals surface area contributed by atoms with Crippen molar-refractivity contribution in [2.24, 2.45) is 0 Å². The Morgan fingerprint density at radius 3 is 2.78 bits per heavy atom. The van der Waals surface area contributed by atoms with Crippen molar-refractivity contribution in [3.8, 4) is 18.1 Å². The Labute approximate surface area is 104 Å². The van der Waals surface area contributed by atoms with Crippen LogP contribution in [0.25, 0.3) is 0 Å². The van der Waals surface area contributed by atoms with Gasteiger partial charge in [0.25, 0.3) is 5.91 Å². The SMILES string of the molecule is C#CCN(C)C(=O)c1ccc(OC)c([N+](=O)[O-])c1. The number of benzene rings is 1. The van der Waals surface area contributed by atoms with E-state index in [4.69, 9.17) is 11.2 Å². The number of amides is 1. The molecule has 0 N–H and O–H groups in total. The van der Waals surface area contributed by atoms with Gasteiger partial charge >= 0.3 is 5.69 Å². The standard InChI is InChI=1S/C12H12N2O4/c1-4-7-13(2)12(15)9-5-6-11(18-3)10(8-9)14(16)17/h1,5-6,8H,7H2,2-3H3. The molecule has 0 fully saturated rings. The molecule has 0 aliphatic carbocycles. The molecule has 0 unspecified atom stereocenters. The Balaban J connectivity index is 3.13. The summed E-state index contributed by atoms with van der Waals surface area (Å²) in [5.74, 6) is 2.06. The first-order valence-electron chi connectivity index (χ1n) is 5.02. The minimum atomic E-state index is -0.600. The molecule has 1 amide bonds. The highest BCUT2D eigenvalue weighted by molar-refractivity contribution is 5.95. The van der Waals surface area contributed by atoms with E-state index in [9.17, 15) is 14.9 Å². The molecule has 1 aromatic rings. The summed E-state index contributed by atoms with van der Waals surface area (Å²) in [4.78, 5) is 23.4. The summed E-state index contributed by atoms with van der Waals surface area (Å²) >= 11 is 0. The number of ether oxygens (including phenoxy) is 1. The van der Waals surface area contributed by atoms with Crippen LogP contribution in [-0.2, 0) is 0 Å². The minimum Gasteiger partial charge on any atom is -0.490 e. The number of terminal acetylenes is 1. The van der Waals surface area contributed by atoms with Gasteiger partial charge in [0.2, 0.25) is 0 Å². The van der Waals surface area contributed by atoms with Crippen LogP contribution in [0.15, 0.2) is 18.2 Å². The van der Waals surface area contributed by atoms with E-state index in [1.165, 1.54) is 37.3 Å². The van der Waals surface area contributed by atoms with Gasteiger partial charge < -0.3 is 9.64 Å². The molecule has 0 saturated carbocycles. The quantitative estimate of drug-likeness (QED) is 0.457. The van der Waals surface area contributed by atoms with E-state index in [1.54, 1.807) is 0 Å². The van der Waals surface area contributed by atoms with Crippen LogP contribution in [-0.4, -0.2) is 36.4 Å². The second-order valence-electron chi connectivity index (χ2n) is 3.51. The summed E-state index contributed by atoms with van der Waals surface area (Å²) in [5, 5.41) is 10.8. The molecule has 1 rings (SSSR count). The minimum absolute atomic E-state index is 0.108. The normalized spacial score (nSPS) is 9.39. The first-order valence-corrected chi connectivity index (χ1v) is 5.02. The third kappa shape index (κ3) is 2.77. The van der Waals surface area contributed by atoms with Crippen LogP contribution < -0.4 is 4.74 Å². The molecule has 6 nitrogen and oxygen atoms in total. The van der Waals surface area contributed by atoms with E-state index in [0.29, 0.717) is 0 Å². The van der Waals surface area contributed by atoms with Crippen molar-refractivity contribution in [2.75, 3.05) is 20.7 Å². The number of nitrogens with zero attached hydrogens (tertiary/aromatic N) is 2. The summed E-state index contributed by atoms with van der Waals surface area (Å²) in [5.41, 5.74) is -0.0577. The van der Waals surface area contributed by atoms with Crippen LogP contribution in [0.3, 0.4) is 0 Å². The lowest BCUT2D eigenvalue weighted by atomic mass is 10.1. The number of nitro groups is 1. The number of nitro benzene ring substituents is 1. The molecule has 0 atom stereocenters. The highest BCUT2D eigenvalue weighted by atomic mass is 16.6. The third-order valence-electron chi connectivity index (χ3n) is 2.30. The molecule has 18 heavy (non-hydrogen) atoms. The predicted octanol–water partition coefficient (Wildman–Crippen LogP) is 1.31. The monoisotopic (exact) mass is 248 g/mol. The molecule has 0 heterocycles. The van der Waals surface area contributed by atoms with Crippen LogP contribution in [0.1, 0.15) is 10.4 Å². The Hall–Kier alpha value is -2.55. The fourth-order valence-electron chi connectivity index (χ4n) is 1.39. The van der Waals surface area contributed by atoms with E-state index in [-0.39, 0.29) is 29.5 Å². The topological polar surface area (TPSA) is 72.7 Å². The summed E-state index contributed by atoms with van der Waals surface area (Å²) in [6.45, 7) is 0.138. The molecule has 0 saturated heterocycles. The Morgan fingerprint density at radius 1 is 1.61 bits per heavy atom. The maximum Gasteiger partial charge on any atom is 0.311 e. The first kappa shape index (κ1) is 13.5. The van der Waals surface area contributed by atoms with Crippen molar-refractivity contribution in [3.05, 3.63) is 33.9 Å². The first-order chi connectivity index (χ1) is 8.51. The Morgan fingerprint density at radius 2 is 2.28 bits per heavy atom. The molecule has 0 spiro atoms. The number of carbonyl (C=O) groups is 1. The molecule has 0 aliphatic heterocycles. The van der Waals surface area contributed by atoms with E-state index < -0.39 is 4.92 Å². The zero-order valence-electron chi connectivity index (χ0n) is 10.0. The number of rotatable bonds is 4. The van der Waals surface area contributed by atoms with Crippen LogP contribution in [0.5, 0.6) is 5.75 Å². The average molecular weight is 248 g/mol. The number of methoxy groups -OCH3 is 1. The fourth-order valence-corrected chi connectivity index (χ4v) is 1.39. The van der Waals surface area contributed by atoms with E-state index in [0.717, 1.165) is 0 Å². The third-order valence-corrected chi connectivity index (χ3v) is 2.30. The van der Waals surface area contributed by atoms with Gasteiger partial charge in [0.1, 0.15) is 0 Å². The van der Waals surface area contributed by atoms with E-state index in [1.807, 2.05) is 0 Å². The van der Waals surface area contributed by atoms with Gasteiger partial charge in [0, 0.05) is 18.7 Å². The van der Waals surface area contributed by atoms with Gasteiger partial charge in [-0.15, -0.1) is 6.42 Å². The lowest BCUT2D eigenvalue weighted by molar-refractivity contribution is -0.385. The molecule has 0 radical (unpaired) electrons. The lowest BCUT2D eigenvalue weighted by Gasteiger charge is -2.13. The van der Waals surface area contributed by atoms with Crippen molar-refractivity contribution in [1.82, 2.24) is 4.90 Å². The highest BCUT2D eigenvalue weighted by Crippen LogP contribution is 2.27. The lowest BCUT2D eigenvalue weighted by Crippen LogP contribution is -2.26. The zero-order chi connectivity index (χ0) is 13.7. The number of hydrogen-bond acceptors (Lipinski definition) is 4. The molecular formula is C12H12N2O4. The van der Waals surface area contributed by atoms with Crippen molar-refractivity contribution in [2.45, 2.75) is 0 Å². The largest absolute Gasteiger partial charge is 0.490 e. The van der Waals surface area contributed by atoms with Crippen LogP contribution >= 0.6 is 0 Å². The second kappa shape index (κ2) is 5.68. The van der Waals surface area contributed by atoms with Crippen molar-refractivity contribution in [1.29, 1.82) is 0 Å². The maximum atomic E-state index is 11.9. The van der Waals surface area contributed by atoms with Gasteiger partial charge in [-0.2, -0.15) is 0 Å². The molecule has 6 heteroatoms. The summed E-state index contributed by atoms with van der Waals surface area (Å²) in [7, 11) is 2.85. The highest BCUT2D eigenvalue weighted by Gasteiger charge is 2.19. The van der Waals surface area contributed by atoms with Crippen molar-refractivity contribution >= 4 is 11.6 Å². The van der Waals surface area contributed by atoms with Gasteiger partial charge in [-0.1, -0.05) is 5.92 Å². The molecule has 0 bridgehead atoms. The van der Waals surface area contributed by atoms with Gasteiger partial charge in [0.15, 0.2) is 5.75 Å². The summed E-state index contributed by atoms with van der Waals surface area (Å²) in [6, 6.07) is 4.02. The molecule has 1 aromatic carbocycles. The second-order valence-corrected chi connectivity index (χ2v) is 3.51. The van der Waals surface area contributed by atoms with E-state index in [2.05, 4.69) is 5.92 Å². The average Bonchev–Trinajstić information content (AvgIpc) is 2.37. The van der Waals surface area contributed by atoms with Crippen molar-refractivity contribution in [3.63, 3.8) is 0 Å². The Kier molecular flexibility index (Phi) is 4.27. The number of carbonyl (C=O) groups excluding carboxylic acids is 1. The molecule has 0 aliphatic rings. The smallest absolute Gasteiger partial charge is 0.311 e. The maximum absolute atomic E-state index is 11.9. The zero-order valence-corrected chi connectivity index (χ0v) is 10.0. The van der Waals surface area contributed by atoms with Crippen molar-refractivity contribution < 1.29 is 14.5 Å². The van der Waals surface area contributed by atoms with Gasteiger partial charge in [-0.3, -0.25) is 14.9 Å². The summed E-state index contributed by atoms with van der Waals surface area (Å²) < 4.78 is 4.85. The summed E-state index contributed by atoms with van der Waals surface area (Å²) in [6.07, 6.45) is 5.10. The predicted molar refractivity (Wildman–Crippen MR) is 65.4 cm³/mol. The van der Waals surface area contributed by atoms with E-state index >= 15 is 0 Å². The van der Waals surface area contributed by atoms with Crippen LogP contribution in [0.2, 0.25) is 0 Å². The van der Waals surface area contributed by atoms with Crippen LogP contribution in [0, 0.1) is 22.5 Å². The molecule has 94 valence electrons. The molecular weight excluding hydrogens is 236 g/mol. The van der Waals surface area contributed by atoms with Gasteiger partial charge in [-0.25, -0.2) is 0 Å². The fraction of sp³-hybridized carbons (Fsp3) is 0.250. The Bertz CT molecular complexity index is 519. The molecule has 0 aromatic heterocycles.